The number of nitrogens with zero attached hydrogens (tertiary/aromatic N) is 5. The number of halogens is 1. The van der Waals surface area contributed by atoms with Crippen molar-refractivity contribution in [2.45, 2.75) is 6.04 Å². The van der Waals surface area contributed by atoms with E-state index in [-0.39, 0.29) is 11.3 Å². The third kappa shape index (κ3) is 1.85. The lowest BCUT2D eigenvalue weighted by Gasteiger charge is -2.26. The Hall–Kier alpha value is -1.44. The van der Waals surface area contributed by atoms with Gasteiger partial charge in [0, 0.05) is 24.9 Å². The van der Waals surface area contributed by atoms with E-state index in [0.29, 0.717) is 25.0 Å². The lowest BCUT2D eigenvalue weighted by molar-refractivity contribution is -0.0269. The predicted octanol–water partition coefficient (Wildman–Crippen LogP) is 1.13. The Morgan fingerprint density at radius 2 is 1.77 bits per heavy atom. The Morgan fingerprint density at radius 3 is 2.45 bits per heavy atom. The second kappa shape index (κ2) is 4.78. The number of hydrogen-bond donors (Lipinski definition) is 0. The van der Waals surface area contributed by atoms with Gasteiger partial charge in [0.25, 0.3) is 0 Å². The van der Waals surface area contributed by atoms with Gasteiger partial charge in [0.2, 0.25) is 5.28 Å². The molecule has 0 N–H and O–H groups in total. The molecule has 22 heavy (non-hydrogen) atoms. The maximum absolute atomic E-state index is 6.17. The molecule has 8 heteroatoms. The van der Waals surface area contributed by atoms with Gasteiger partial charge in [0.1, 0.15) is 11.9 Å². The van der Waals surface area contributed by atoms with Gasteiger partial charge in [-0.2, -0.15) is 15.1 Å². The molecule has 7 nitrogen and oxygen atoms in total. The molecular weight excluding hydrogens is 306 g/mol. The van der Waals surface area contributed by atoms with Crippen LogP contribution >= 0.6 is 11.6 Å². The van der Waals surface area contributed by atoms with Gasteiger partial charge in [0.05, 0.1) is 38.0 Å². The van der Waals surface area contributed by atoms with Gasteiger partial charge in [-0.25, -0.2) is 4.68 Å². The largest absolute Gasteiger partial charge is 0.381 e. The van der Waals surface area contributed by atoms with Crippen LogP contribution < -0.4 is 4.90 Å². The molecule has 5 rings (SSSR count). The summed E-state index contributed by atoms with van der Waals surface area (Å²) >= 11 is 6.17. The molecule has 0 spiro atoms. The lowest BCUT2D eigenvalue weighted by atomic mass is 10.0. The van der Waals surface area contributed by atoms with Crippen molar-refractivity contribution in [2.24, 2.45) is 11.8 Å². The van der Waals surface area contributed by atoms with E-state index in [1.807, 2.05) is 10.9 Å². The van der Waals surface area contributed by atoms with Gasteiger partial charge in [-0.05, 0) is 11.6 Å². The first-order valence-corrected chi connectivity index (χ1v) is 7.98. The summed E-state index contributed by atoms with van der Waals surface area (Å²) in [5.41, 5.74) is 0.802. The SMILES string of the molecule is Clc1nc(N2C[C@H]3COC[C@H]3C2)c2cnn(C3COC3)c2n1. The molecule has 2 atom stereocenters. The summed E-state index contributed by atoms with van der Waals surface area (Å²) in [6, 6.07) is 0.252. The summed E-state index contributed by atoms with van der Waals surface area (Å²) in [6.07, 6.45) is 1.85. The minimum absolute atomic E-state index is 0.252. The molecule has 0 radical (unpaired) electrons. The Balaban J connectivity index is 1.57. The standard InChI is InChI=1S/C14H16ClN5O2/c15-14-17-12(19-2-8-4-21-5-9(8)3-19)11-1-16-20(13(11)18-14)10-6-22-7-10/h1,8-10H,2-7H2/t8-,9+. The third-order valence-corrected chi connectivity index (χ3v) is 5.08. The van der Waals surface area contributed by atoms with E-state index in [2.05, 4.69) is 20.0 Å². The molecule has 0 unspecified atom stereocenters. The minimum Gasteiger partial charge on any atom is -0.381 e. The highest BCUT2D eigenvalue weighted by atomic mass is 35.5. The van der Waals surface area contributed by atoms with Gasteiger partial charge in [-0.15, -0.1) is 0 Å². The van der Waals surface area contributed by atoms with Crippen molar-refractivity contribution in [3.63, 3.8) is 0 Å². The average Bonchev–Trinajstić information content (AvgIpc) is 3.10. The molecule has 2 aromatic heterocycles. The minimum atomic E-state index is 0.252. The summed E-state index contributed by atoms with van der Waals surface area (Å²) in [6.45, 7) is 4.98. The summed E-state index contributed by atoms with van der Waals surface area (Å²) in [7, 11) is 0. The number of aromatic nitrogens is 4. The van der Waals surface area contributed by atoms with E-state index in [0.717, 1.165) is 43.2 Å². The second-order valence-corrected chi connectivity index (χ2v) is 6.63. The first kappa shape index (κ1) is 13.0. The Kier molecular flexibility index (Phi) is 2.83. The van der Waals surface area contributed by atoms with Gasteiger partial charge < -0.3 is 14.4 Å². The number of fused-ring (bicyclic) bond motifs is 2. The van der Waals surface area contributed by atoms with Crippen LogP contribution in [-0.4, -0.2) is 59.3 Å². The molecule has 0 aromatic carbocycles. The second-order valence-electron chi connectivity index (χ2n) is 6.30. The Labute approximate surface area is 132 Å². The smallest absolute Gasteiger partial charge is 0.226 e. The molecule has 0 aliphatic carbocycles. The van der Waals surface area contributed by atoms with Crippen LogP contribution in [0.15, 0.2) is 6.20 Å². The molecule has 0 bridgehead atoms. The summed E-state index contributed by atoms with van der Waals surface area (Å²) in [5, 5.41) is 5.73. The normalized spacial score (nSPS) is 28.3. The van der Waals surface area contributed by atoms with E-state index >= 15 is 0 Å². The van der Waals surface area contributed by atoms with Crippen molar-refractivity contribution in [1.29, 1.82) is 0 Å². The van der Waals surface area contributed by atoms with Crippen LogP contribution in [-0.2, 0) is 9.47 Å². The van der Waals surface area contributed by atoms with Gasteiger partial charge in [-0.1, -0.05) is 0 Å². The fraction of sp³-hybridized carbons (Fsp3) is 0.643. The fourth-order valence-corrected chi connectivity index (χ4v) is 3.78. The summed E-state index contributed by atoms with van der Waals surface area (Å²) in [4.78, 5) is 11.2. The van der Waals surface area contributed by atoms with Crippen LogP contribution in [0, 0.1) is 11.8 Å². The zero-order valence-corrected chi connectivity index (χ0v) is 12.7. The van der Waals surface area contributed by atoms with E-state index in [1.165, 1.54) is 0 Å². The van der Waals surface area contributed by atoms with Crippen LogP contribution in [0.2, 0.25) is 5.28 Å². The molecule has 3 saturated heterocycles. The summed E-state index contributed by atoms with van der Waals surface area (Å²) in [5.74, 6) is 2.09. The highest BCUT2D eigenvalue weighted by molar-refractivity contribution is 6.28. The van der Waals surface area contributed by atoms with Gasteiger partial charge in [0.15, 0.2) is 5.65 Å². The molecular formula is C14H16ClN5O2. The number of hydrogen-bond acceptors (Lipinski definition) is 6. The van der Waals surface area contributed by atoms with Crippen molar-refractivity contribution in [2.75, 3.05) is 44.4 Å². The van der Waals surface area contributed by atoms with Gasteiger partial charge in [-0.3, -0.25) is 0 Å². The maximum atomic E-state index is 6.17. The van der Waals surface area contributed by atoms with Crippen LogP contribution in [0.1, 0.15) is 6.04 Å². The van der Waals surface area contributed by atoms with Crippen molar-refractivity contribution >= 4 is 28.5 Å². The monoisotopic (exact) mass is 321 g/mol. The topological polar surface area (TPSA) is 65.3 Å². The van der Waals surface area contributed by atoms with Gasteiger partial charge >= 0.3 is 0 Å². The van der Waals surface area contributed by atoms with Crippen molar-refractivity contribution < 1.29 is 9.47 Å². The van der Waals surface area contributed by atoms with Crippen molar-refractivity contribution in [1.82, 2.24) is 19.7 Å². The highest BCUT2D eigenvalue weighted by Gasteiger charge is 2.38. The Morgan fingerprint density at radius 1 is 1.05 bits per heavy atom. The molecule has 116 valence electrons. The zero-order valence-electron chi connectivity index (χ0n) is 12.0. The van der Waals surface area contributed by atoms with Crippen LogP contribution in [0.5, 0.6) is 0 Å². The molecule has 0 saturated carbocycles. The average molecular weight is 322 g/mol. The molecule has 2 aromatic rings. The third-order valence-electron chi connectivity index (χ3n) is 4.91. The zero-order chi connectivity index (χ0) is 14.7. The fourth-order valence-electron chi connectivity index (χ4n) is 3.62. The molecule has 0 amide bonds. The number of anilines is 1. The maximum Gasteiger partial charge on any atom is 0.226 e. The van der Waals surface area contributed by atoms with Crippen LogP contribution in [0.25, 0.3) is 11.0 Å². The van der Waals surface area contributed by atoms with E-state index in [9.17, 15) is 0 Å². The van der Waals surface area contributed by atoms with E-state index in [1.54, 1.807) is 0 Å². The first-order valence-electron chi connectivity index (χ1n) is 7.61. The summed E-state index contributed by atoms with van der Waals surface area (Å²) < 4.78 is 12.7. The van der Waals surface area contributed by atoms with Crippen LogP contribution in [0.3, 0.4) is 0 Å². The molecule has 3 aliphatic heterocycles. The quantitative estimate of drug-likeness (QED) is 0.773. The first-order chi connectivity index (χ1) is 10.8. The van der Waals surface area contributed by atoms with E-state index < -0.39 is 0 Å². The van der Waals surface area contributed by atoms with Crippen molar-refractivity contribution in [3.05, 3.63) is 11.5 Å². The van der Waals surface area contributed by atoms with Crippen LogP contribution in [0.4, 0.5) is 5.82 Å². The molecule has 3 fully saturated rings. The Bertz CT molecular complexity index is 719. The number of rotatable bonds is 2. The number of ether oxygens (including phenoxy) is 2. The van der Waals surface area contributed by atoms with E-state index in [4.69, 9.17) is 21.1 Å². The molecule has 5 heterocycles. The van der Waals surface area contributed by atoms with Crippen molar-refractivity contribution in [3.8, 4) is 0 Å². The lowest BCUT2D eigenvalue weighted by Crippen LogP contribution is -2.31. The molecule has 3 aliphatic rings. The highest BCUT2D eigenvalue weighted by Crippen LogP contribution is 2.35. The predicted molar refractivity (Wildman–Crippen MR) is 80.2 cm³/mol.